The molecule has 4 heteroatoms. The molecule has 1 unspecified atom stereocenters. The highest BCUT2D eigenvalue weighted by atomic mass is 19.1. The number of ether oxygens (including phenoxy) is 1. The highest BCUT2D eigenvalue weighted by Crippen LogP contribution is 2.22. The van der Waals surface area contributed by atoms with Gasteiger partial charge in [0.1, 0.15) is 11.9 Å². The number of halogens is 1. The zero-order valence-electron chi connectivity index (χ0n) is 8.24. The Balaban J connectivity index is 2.71. The molecule has 1 aromatic rings. The summed E-state index contributed by atoms with van der Waals surface area (Å²) >= 11 is 0. The van der Waals surface area contributed by atoms with Gasteiger partial charge in [-0.2, -0.15) is 0 Å². The van der Waals surface area contributed by atoms with Crippen molar-refractivity contribution in [1.82, 2.24) is 4.98 Å². The van der Waals surface area contributed by atoms with Gasteiger partial charge in [-0.15, -0.1) is 0 Å². The second-order valence-electron chi connectivity index (χ2n) is 2.93. The molecule has 0 aliphatic heterocycles. The number of pyridine rings is 1. The molecule has 0 aliphatic carbocycles. The molecule has 1 atom stereocenters. The van der Waals surface area contributed by atoms with Crippen LogP contribution in [0.15, 0.2) is 18.5 Å². The Kier molecular flexibility index (Phi) is 4.32. The number of hydrogen-bond acceptors (Lipinski definition) is 3. The molecule has 14 heavy (non-hydrogen) atoms. The Labute approximate surface area is 83.1 Å². The maximum atomic E-state index is 13.4. The lowest BCUT2D eigenvalue weighted by atomic mass is 10.1. The standard InChI is InChI=1S/C10H15FN2O/c1-2-14-9-5-8(6-13-7-9)10(11)3-4-12/h5-7,10H,2-4,12H2,1H3. The van der Waals surface area contributed by atoms with Crippen molar-refractivity contribution in [1.29, 1.82) is 0 Å². The molecule has 0 bridgehead atoms. The number of aromatic nitrogens is 1. The minimum absolute atomic E-state index is 0.317. The van der Waals surface area contributed by atoms with Crippen molar-refractivity contribution in [2.45, 2.75) is 19.5 Å². The van der Waals surface area contributed by atoms with E-state index in [-0.39, 0.29) is 0 Å². The molecule has 0 radical (unpaired) electrons. The van der Waals surface area contributed by atoms with E-state index in [0.717, 1.165) is 0 Å². The second kappa shape index (κ2) is 5.54. The first kappa shape index (κ1) is 10.9. The quantitative estimate of drug-likeness (QED) is 0.785. The van der Waals surface area contributed by atoms with Crippen LogP contribution in [0.5, 0.6) is 5.75 Å². The molecule has 0 amide bonds. The van der Waals surface area contributed by atoms with Crippen molar-refractivity contribution in [2.75, 3.05) is 13.2 Å². The maximum absolute atomic E-state index is 13.4. The molecule has 0 aromatic carbocycles. The van der Waals surface area contributed by atoms with Gasteiger partial charge in [0, 0.05) is 11.8 Å². The minimum Gasteiger partial charge on any atom is -0.492 e. The van der Waals surface area contributed by atoms with Crippen LogP contribution < -0.4 is 10.5 Å². The molecule has 2 N–H and O–H groups in total. The fraction of sp³-hybridized carbons (Fsp3) is 0.500. The van der Waals surface area contributed by atoms with Crippen LogP contribution in [0.4, 0.5) is 4.39 Å². The molecule has 0 saturated carbocycles. The van der Waals surface area contributed by atoms with Crippen LogP contribution in [0.1, 0.15) is 25.1 Å². The van der Waals surface area contributed by atoms with Gasteiger partial charge in [0.2, 0.25) is 0 Å². The van der Waals surface area contributed by atoms with Crippen molar-refractivity contribution in [3.63, 3.8) is 0 Å². The van der Waals surface area contributed by atoms with E-state index in [4.69, 9.17) is 10.5 Å². The van der Waals surface area contributed by atoms with E-state index in [1.54, 1.807) is 12.3 Å². The first-order valence-electron chi connectivity index (χ1n) is 4.69. The summed E-state index contributed by atoms with van der Waals surface area (Å²) in [6.45, 7) is 2.76. The molecule has 0 saturated heterocycles. The number of alkyl halides is 1. The minimum atomic E-state index is -1.05. The van der Waals surface area contributed by atoms with E-state index in [9.17, 15) is 4.39 Å². The van der Waals surface area contributed by atoms with Gasteiger partial charge < -0.3 is 10.5 Å². The number of nitrogens with two attached hydrogens (primary N) is 1. The summed E-state index contributed by atoms with van der Waals surface area (Å²) in [7, 11) is 0. The predicted octanol–water partition coefficient (Wildman–Crippen LogP) is 1.84. The fourth-order valence-electron chi connectivity index (χ4n) is 1.17. The van der Waals surface area contributed by atoms with Gasteiger partial charge in [-0.1, -0.05) is 0 Å². The number of rotatable bonds is 5. The molecule has 0 spiro atoms. The molecular formula is C10H15FN2O. The van der Waals surface area contributed by atoms with Gasteiger partial charge in [-0.25, -0.2) is 4.39 Å². The Bertz CT molecular complexity index is 281. The van der Waals surface area contributed by atoms with Crippen LogP contribution in [-0.4, -0.2) is 18.1 Å². The average Bonchev–Trinajstić information content (AvgIpc) is 2.19. The van der Waals surface area contributed by atoms with Gasteiger partial charge in [-0.3, -0.25) is 4.98 Å². The van der Waals surface area contributed by atoms with E-state index in [2.05, 4.69) is 4.98 Å². The topological polar surface area (TPSA) is 48.1 Å². The van der Waals surface area contributed by atoms with E-state index < -0.39 is 6.17 Å². The highest BCUT2D eigenvalue weighted by Gasteiger charge is 2.09. The largest absolute Gasteiger partial charge is 0.492 e. The first-order valence-corrected chi connectivity index (χ1v) is 4.69. The molecule has 3 nitrogen and oxygen atoms in total. The predicted molar refractivity (Wildman–Crippen MR) is 52.9 cm³/mol. The normalized spacial score (nSPS) is 12.5. The summed E-state index contributed by atoms with van der Waals surface area (Å²) in [5.74, 6) is 0.602. The molecule has 1 rings (SSSR count). The first-order chi connectivity index (χ1) is 6.77. The van der Waals surface area contributed by atoms with Crippen LogP contribution >= 0.6 is 0 Å². The summed E-state index contributed by atoms with van der Waals surface area (Å²) in [5.41, 5.74) is 5.80. The van der Waals surface area contributed by atoms with Crippen molar-refractivity contribution < 1.29 is 9.13 Å². The lowest BCUT2D eigenvalue weighted by Gasteiger charge is -2.08. The van der Waals surface area contributed by atoms with E-state index in [1.807, 2.05) is 6.92 Å². The smallest absolute Gasteiger partial charge is 0.137 e. The maximum Gasteiger partial charge on any atom is 0.137 e. The molecule has 1 aromatic heterocycles. The van der Waals surface area contributed by atoms with E-state index in [0.29, 0.717) is 30.9 Å². The van der Waals surface area contributed by atoms with Gasteiger partial charge in [0.05, 0.1) is 12.8 Å². The van der Waals surface area contributed by atoms with Crippen LogP contribution in [0.3, 0.4) is 0 Å². The summed E-state index contributed by atoms with van der Waals surface area (Å²) in [6, 6.07) is 1.66. The monoisotopic (exact) mass is 198 g/mol. The van der Waals surface area contributed by atoms with Gasteiger partial charge in [0.25, 0.3) is 0 Å². The third kappa shape index (κ3) is 2.96. The van der Waals surface area contributed by atoms with Crippen molar-refractivity contribution in [3.05, 3.63) is 24.0 Å². The number of nitrogens with zero attached hydrogens (tertiary/aromatic N) is 1. The van der Waals surface area contributed by atoms with Gasteiger partial charge in [0.15, 0.2) is 0 Å². The number of hydrogen-bond donors (Lipinski definition) is 1. The Morgan fingerprint density at radius 3 is 3.00 bits per heavy atom. The van der Waals surface area contributed by atoms with E-state index >= 15 is 0 Å². The van der Waals surface area contributed by atoms with Crippen LogP contribution in [0.25, 0.3) is 0 Å². The van der Waals surface area contributed by atoms with Gasteiger partial charge >= 0.3 is 0 Å². The summed E-state index contributed by atoms with van der Waals surface area (Å²) < 4.78 is 18.6. The van der Waals surface area contributed by atoms with Crippen LogP contribution in [-0.2, 0) is 0 Å². The summed E-state index contributed by atoms with van der Waals surface area (Å²) in [4.78, 5) is 3.90. The Hall–Kier alpha value is -1.16. The highest BCUT2D eigenvalue weighted by molar-refractivity contribution is 5.25. The lowest BCUT2D eigenvalue weighted by Crippen LogP contribution is -2.04. The summed E-state index contributed by atoms with van der Waals surface area (Å²) in [6.07, 6.45) is 2.34. The van der Waals surface area contributed by atoms with Crippen LogP contribution in [0, 0.1) is 0 Å². The second-order valence-corrected chi connectivity index (χ2v) is 2.93. The zero-order valence-corrected chi connectivity index (χ0v) is 8.24. The zero-order chi connectivity index (χ0) is 10.4. The van der Waals surface area contributed by atoms with Crippen molar-refractivity contribution >= 4 is 0 Å². The molecule has 1 heterocycles. The van der Waals surface area contributed by atoms with E-state index in [1.165, 1.54) is 6.20 Å². The molecule has 0 aliphatic rings. The molecule has 0 fully saturated rings. The molecular weight excluding hydrogens is 183 g/mol. The summed E-state index contributed by atoms with van der Waals surface area (Å²) in [5, 5.41) is 0. The Morgan fingerprint density at radius 1 is 1.57 bits per heavy atom. The SMILES string of the molecule is CCOc1cncc(C(F)CCN)c1. The Morgan fingerprint density at radius 2 is 2.36 bits per heavy atom. The molecule has 78 valence electrons. The van der Waals surface area contributed by atoms with Crippen LogP contribution in [0.2, 0.25) is 0 Å². The van der Waals surface area contributed by atoms with Gasteiger partial charge in [-0.05, 0) is 26.0 Å². The average molecular weight is 198 g/mol. The lowest BCUT2D eigenvalue weighted by molar-refractivity contribution is 0.317. The van der Waals surface area contributed by atoms with Crippen molar-refractivity contribution in [3.8, 4) is 5.75 Å². The third-order valence-electron chi connectivity index (χ3n) is 1.83. The fourth-order valence-corrected chi connectivity index (χ4v) is 1.17. The van der Waals surface area contributed by atoms with Crippen molar-refractivity contribution in [2.24, 2.45) is 5.73 Å². The third-order valence-corrected chi connectivity index (χ3v) is 1.83.